The van der Waals surface area contributed by atoms with E-state index in [1.165, 1.54) is 0 Å². The summed E-state index contributed by atoms with van der Waals surface area (Å²) < 4.78 is 0. The van der Waals surface area contributed by atoms with Crippen LogP contribution in [-0.4, -0.2) is 56.2 Å². The molecule has 1 aromatic carbocycles. The first kappa shape index (κ1) is 18.4. The summed E-state index contributed by atoms with van der Waals surface area (Å²) in [6.07, 6.45) is 1.92. The van der Waals surface area contributed by atoms with Gasteiger partial charge in [-0.25, -0.2) is 4.98 Å². The highest BCUT2D eigenvalue weighted by Gasteiger charge is 2.49. The number of carbonyl (C=O) groups is 2. The van der Waals surface area contributed by atoms with Crippen LogP contribution in [0.1, 0.15) is 43.5 Å². The molecule has 0 radical (unpaired) electrons. The third-order valence-electron chi connectivity index (χ3n) is 5.33. The van der Waals surface area contributed by atoms with E-state index in [0.29, 0.717) is 30.9 Å². The predicted octanol–water partition coefficient (Wildman–Crippen LogP) is 2.28. The van der Waals surface area contributed by atoms with Crippen LogP contribution in [0.5, 0.6) is 0 Å². The summed E-state index contributed by atoms with van der Waals surface area (Å²) >= 11 is 0. The highest BCUT2D eigenvalue weighted by atomic mass is 16.4. The molecule has 2 heterocycles. The number of aromatic nitrogens is 2. The van der Waals surface area contributed by atoms with Crippen molar-refractivity contribution in [3.63, 3.8) is 0 Å². The van der Waals surface area contributed by atoms with Crippen LogP contribution in [0.2, 0.25) is 0 Å². The van der Waals surface area contributed by atoms with Gasteiger partial charge >= 0.3 is 5.97 Å². The molecule has 2 aromatic rings. The summed E-state index contributed by atoms with van der Waals surface area (Å²) in [6, 6.07) is 5.19. The summed E-state index contributed by atoms with van der Waals surface area (Å²) in [7, 11) is 0. The molecule has 1 amide bonds. The average molecular weight is 359 g/mol. The summed E-state index contributed by atoms with van der Waals surface area (Å²) in [5.74, 6) is -0.928. The fraction of sp³-hybridized carbons (Fsp3) is 0.526. The predicted molar refractivity (Wildman–Crippen MR) is 96.8 cm³/mol. The van der Waals surface area contributed by atoms with Crippen molar-refractivity contribution in [1.29, 1.82) is 0 Å². The third kappa shape index (κ3) is 3.31. The molecular formula is C19H25N3O4. The Hall–Kier alpha value is -2.41. The van der Waals surface area contributed by atoms with Crippen molar-refractivity contribution in [2.45, 2.75) is 39.2 Å². The normalized spacial score (nSPS) is 23.5. The number of carboxylic acid groups (broad SMARTS) is 1. The zero-order valence-corrected chi connectivity index (χ0v) is 15.1. The van der Waals surface area contributed by atoms with Gasteiger partial charge in [0.25, 0.3) is 5.91 Å². The lowest BCUT2D eigenvalue weighted by Gasteiger charge is -2.43. The minimum Gasteiger partial charge on any atom is -0.481 e. The Bertz CT molecular complexity index is 816. The topological polar surface area (TPSA) is 107 Å². The minimum absolute atomic E-state index is 0.0239. The molecule has 1 aromatic heterocycles. The monoisotopic (exact) mass is 359 g/mol. The van der Waals surface area contributed by atoms with Crippen molar-refractivity contribution >= 4 is 22.9 Å². The lowest BCUT2D eigenvalue weighted by Crippen LogP contribution is -2.57. The zero-order valence-electron chi connectivity index (χ0n) is 15.1. The number of carbonyl (C=O) groups excluding carboxylic acids is 1. The van der Waals surface area contributed by atoms with E-state index in [0.717, 1.165) is 11.0 Å². The number of fused-ring (bicyclic) bond motifs is 1. The number of likely N-dealkylation sites (tertiary alicyclic amines) is 1. The van der Waals surface area contributed by atoms with Crippen molar-refractivity contribution in [2.75, 3.05) is 13.1 Å². The second-order valence-corrected chi connectivity index (χ2v) is 7.56. The molecule has 1 aliphatic heterocycles. The Balaban J connectivity index is 1.85. The standard InChI is InChI=1S/C19H25N3O4/c1-12(2)5-7-19(18(25)26)10-22(8-6-16(19)23)17(24)13-3-4-14-15(9-13)21-11-20-14/h3-4,9,11-12,16,23H,5-8,10H2,1-2H3,(H,20,21)(H,25,26)/t16-,19+/m0/s1. The summed E-state index contributed by atoms with van der Waals surface area (Å²) in [6.45, 7) is 4.41. The van der Waals surface area contributed by atoms with Crippen LogP contribution in [0.25, 0.3) is 11.0 Å². The van der Waals surface area contributed by atoms with Crippen LogP contribution >= 0.6 is 0 Å². The Morgan fingerprint density at radius 2 is 2.19 bits per heavy atom. The van der Waals surface area contributed by atoms with E-state index in [-0.39, 0.29) is 18.9 Å². The fourth-order valence-corrected chi connectivity index (χ4v) is 3.61. The summed E-state index contributed by atoms with van der Waals surface area (Å²) in [5, 5.41) is 20.3. The van der Waals surface area contributed by atoms with E-state index in [9.17, 15) is 19.8 Å². The highest BCUT2D eigenvalue weighted by molar-refractivity contribution is 5.97. The molecule has 0 spiro atoms. The average Bonchev–Trinajstić information content (AvgIpc) is 3.08. The van der Waals surface area contributed by atoms with Crippen LogP contribution in [0.4, 0.5) is 0 Å². The van der Waals surface area contributed by atoms with Crippen LogP contribution in [0.3, 0.4) is 0 Å². The Kier molecular flexibility index (Phi) is 5.00. The number of hydrogen-bond acceptors (Lipinski definition) is 4. The van der Waals surface area contributed by atoms with Crippen molar-refractivity contribution in [1.82, 2.24) is 14.9 Å². The molecule has 0 saturated carbocycles. The molecule has 1 fully saturated rings. The maximum atomic E-state index is 12.9. The van der Waals surface area contributed by atoms with E-state index in [1.807, 2.05) is 13.8 Å². The smallest absolute Gasteiger partial charge is 0.314 e. The van der Waals surface area contributed by atoms with Gasteiger partial charge < -0.3 is 20.1 Å². The molecule has 7 nitrogen and oxygen atoms in total. The number of nitrogens with one attached hydrogen (secondary N) is 1. The Labute approximate surface area is 152 Å². The molecule has 7 heteroatoms. The van der Waals surface area contributed by atoms with Gasteiger partial charge in [0.15, 0.2) is 0 Å². The number of amides is 1. The number of H-pyrrole nitrogens is 1. The lowest BCUT2D eigenvalue weighted by atomic mass is 9.72. The van der Waals surface area contributed by atoms with Crippen molar-refractivity contribution in [2.24, 2.45) is 11.3 Å². The van der Waals surface area contributed by atoms with Gasteiger partial charge in [-0.1, -0.05) is 13.8 Å². The second-order valence-electron chi connectivity index (χ2n) is 7.56. The number of aromatic amines is 1. The number of aliphatic carboxylic acids is 1. The maximum absolute atomic E-state index is 12.9. The molecule has 140 valence electrons. The highest BCUT2D eigenvalue weighted by Crippen LogP contribution is 2.37. The number of aliphatic hydroxyl groups excluding tert-OH is 1. The van der Waals surface area contributed by atoms with E-state index in [2.05, 4.69) is 9.97 Å². The largest absolute Gasteiger partial charge is 0.481 e. The molecule has 3 N–H and O–H groups in total. The van der Waals surface area contributed by atoms with Crippen molar-refractivity contribution in [3.8, 4) is 0 Å². The van der Waals surface area contributed by atoms with Crippen LogP contribution in [0.15, 0.2) is 24.5 Å². The number of hydrogen-bond donors (Lipinski definition) is 3. The molecular weight excluding hydrogens is 334 g/mol. The van der Waals surface area contributed by atoms with Crippen LogP contribution in [-0.2, 0) is 4.79 Å². The molecule has 0 aliphatic carbocycles. The SMILES string of the molecule is CC(C)CC[C@@]1(C(=O)O)CN(C(=O)c2ccc3nc[nH]c3c2)CC[C@@H]1O. The number of aliphatic hydroxyl groups is 1. The Morgan fingerprint density at radius 1 is 1.42 bits per heavy atom. The number of piperidine rings is 1. The number of carboxylic acids is 1. The molecule has 1 saturated heterocycles. The van der Waals surface area contributed by atoms with E-state index < -0.39 is 17.5 Å². The second kappa shape index (κ2) is 7.07. The van der Waals surface area contributed by atoms with Gasteiger partial charge in [-0.2, -0.15) is 0 Å². The van der Waals surface area contributed by atoms with Gasteiger partial charge in [-0.15, -0.1) is 0 Å². The number of nitrogens with zero attached hydrogens (tertiary/aromatic N) is 2. The summed E-state index contributed by atoms with van der Waals surface area (Å²) in [5.41, 5.74) is 0.710. The van der Waals surface area contributed by atoms with Gasteiger partial charge in [-0.3, -0.25) is 9.59 Å². The first-order valence-electron chi connectivity index (χ1n) is 8.97. The van der Waals surface area contributed by atoms with Crippen LogP contribution in [0, 0.1) is 11.3 Å². The number of benzene rings is 1. The van der Waals surface area contributed by atoms with E-state index >= 15 is 0 Å². The zero-order chi connectivity index (χ0) is 18.9. The van der Waals surface area contributed by atoms with Crippen molar-refractivity contribution in [3.05, 3.63) is 30.1 Å². The number of rotatable bonds is 5. The quantitative estimate of drug-likeness (QED) is 0.759. The fourth-order valence-electron chi connectivity index (χ4n) is 3.61. The van der Waals surface area contributed by atoms with Gasteiger partial charge in [0, 0.05) is 18.7 Å². The minimum atomic E-state index is -1.31. The number of imidazole rings is 1. The van der Waals surface area contributed by atoms with Gasteiger partial charge in [0.2, 0.25) is 0 Å². The van der Waals surface area contributed by atoms with Gasteiger partial charge in [-0.05, 0) is 43.4 Å². The first-order valence-corrected chi connectivity index (χ1v) is 8.97. The molecule has 0 bridgehead atoms. The van der Waals surface area contributed by atoms with E-state index in [4.69, 9.17) is 0 Å². The molecule has 2 atom stereocenters. The van der Waals surface area contributed by atoms with Gasteiger partial charge in [0.1, 0.15) is 5.41 Å². The van der Waals surface area contributed by atoms with Gasteiger partial charge in [0.05, 0.1) is 23.5 Å². The molecule has 26 heavy (non-hydrogen) atoms. The molecule has 1 aliphatic rings. The maximum Gasteiger partial charge on any atom is 0.314 e. The summed E-state index contributed by atoms with van der Waals surface area (Å²) in [4.78, 5) is 33.6. The van der Waals surface area contributed by atoms with Crippen molar-refractivity contribution < 1.29 is 19.8 Å². The third-order valence-corrected chi connectivity index (χ3v) is 5.33. The lowest BCUT2D eigenvalue weighted by molar-refractivity contribution is -0.163. The molecule has 0 unspecified atom stereocenters. The van der Waals surface area contributed by atoms with E-state index in [1.54, 1.807) is 29.4 Å². The Morgan fingerprint density at radius 3 is 2.88 bits per heavy atom. The van der Waals surface area contributed by atoms with Crippen LogP contribution < -0.4 is 0 Å². The molecule has 3 rings (SSSR count). The first-order chi connectivity index (χ1) is 12.3.